The molecule has 1 nitrogen and oxygen atoms in total. The Kier molecular flexibility index (Phi) is 5.93. The van der Waals surface area contributed by atoms with E-state index in [0.29, 0.717) is 4.43 Å². The molecule has 13 heavy (non-hydrogen) atoms. The van der Waals surface area contributed by atoms with Crippen molar-refractivity contribution in [2.45, 2.75) is 25.1 Å². The molecule has 0 bridgehead atoms. The van der Waals surface area contributed by atoms with E-state index in [1.54, 1.807) is 6.92 Å². The average molecular weight is 331 g/mol. The lowest BCUT2D eigenvalue weighted by atomic mass is 10.2. The molecular formula is C7H11ClF3IO. The van der Waals surface area contributed by atoms with E-state index in [2.05, 4.69) is 0 Å². The average Bonchev–Trinajstić information content (AvgIpc) is 2.02. The number of hydrogen-bond acceptors (Lipinski definition) is 1. The lowest BCUT2D eigenvalue weighted by molar-refractivity contribution is -0.152. The van der Waals surface area contributed by atoms with Gasteiger partial charge in [0.15, 0.2) is 0 Å². The first-order valence-electron chi connectivity index (χ1n) is 3.65. The summed E-state index contributed by atoms with van der Waals surface area (Å²) in [7, 11) is 0. The minimum Gasteiger partial charge on any atom is -0.373 e. The van der Waals surface area contributed by atoms with Gasteiger partial charge in [0.1, 0.15) is 0 Å². The summed E-state index contributed by atoms with van der Waals surface area (Å²) in [6.07, 6.45) is -5.07. The van der Waals surface area contributed by atoms with E-state index >= 15 is 0 Å². The van der Waals surface area contributed by atoms with E-state index in [9.17, 15) is 13.2 Å². The molecule has 1 atom stereocenters. The summed E-state index contributed by atoms with van der Waals surface area (Å²) in [5, 5.41) is 0. The largest absolute Gasteiger partial charge is 0.391 e. The topological polar surface area (TPSA) is 9.23 Å². The van der Waals surface area contributed by atoms with Gasteiger partial charge >= 0.3 is 6.18 Å². The highest BCUT2D eigenvalue weighted by molar-refractivity contribution is 14.1. The van der Waals surface area contributed by atoms with Crippen molar-refractivity contribution < 1.29 is 17.9 Å². The van der Waals surface area contributed by atoms with Crippen LogP contribution in [0.3, 0.4) is 0 Å². The van der Waals surface area contributed by atoms with Gasteiger partial charge in [0.25, 0.3) is 0 Å². The first kappa shape index (κ1) is 13.8. The number of rotatable bonds is 5. The molecule has 0 aromatic heterocycles. The number of ether oxygens (including phenoxy) is 1. The van der Waals surface area contributed by atoms with E-state index in [0.717, 1.165) is 0 Å². The van der Waals surface area contributed by atoms with Crippen molar-refractivity contribution in [1.29, 1.82) is 0 Å². The summed E-state index contributed by atoms with van der Waals surface area (Å²) in [6, 6.07) is 0. The zero-order valence-electron chi connectivity index (χ0n) is 7.13. The van der Waals surface area contributed by atoms with Gasteiger partial charge in [0.05, 0.1) is 24.5 Å². The Balaban J connectivity index is 3.74. The molecule has 0 heterocycles. The molecule has 6 heteroatoms. The van der Waals surface area contributed by atoms with E-state index in [4.69, 9.17) is 16.3 Å². The van der Waals surface area contributed by atoms with Crippen molar-refractivity contribution in [2.75, 3.05) is 16.9 Å². The van der Waals surface area contributed by atoms with Gasteiger partial charge in [-0.05, 0) is 6.92 Å². The van der Waals surface area contributed by atoms with Crippen LogP contribution in [-0.2, 0) is 4.74 Å². The van der Waals surface area contributed by atoms with Gasteiger partial charge in [-0.3, -0.25) is 0 Å². The van der Waals surface area contributed by atoms with Crippen molar-refractivity contribution in [1.82, 2.24) is 0 Å². The lowest BCUT2D eigenvalue weighted by Crippen LogP contribution is -2.34. The quantitative estimate of drug-likeness (QED) is 0.555. The molecule has 0 aromatic rings. The standard InChI is InChI=1S/C7H11ClF3IO/c1-6(4-8,5-12)13-3-2-7(9,10)11/h2-5H2,1H3. The van der Waals surface area contributed by atoms with Gasteiger partial charge in [0, 0.05) is 4.43 Å². The predicted molar refractivity (Wildman–Crippen MR) is 54.6 cm³/mol. The van der Waals surface area contributed by atoms with Crippen LogP contribution in [0.5, 0.6) is 0 Å². The van der Waals surface area contributed by atoms with Crippen LogP contribution < -0.4 is 0 Å². The monoisotopic (exact) mass is 330 g/mol. The Hall–Kier alpha value is 0.770. The second kappa shape index (κ2) is 5.60. The van der Waals surface area contributed by atoms with Crippen molar-refractivity contribution in [2.24, 2.45) is 0 Å². The maximum absolute atomic E-state index is 11.7. The summed E-state index contributed by atoms with van der Waals surface area (Å²) in [5.74, 6) is 0.202. The first-order chi connectivity index (χ1) is 5.83. The highest BCUT2D eigenvalue weighted by Gasteiger charge is 2.29. The molecule has 0 aliphatic rings. The molecule has 0 N–H and O–H groups in total. The predicted octanol–water partition coefficient (Wildman–Crippen LogP) is 3.39. The molecule has 0 fully saturated rings. The van der Waals surface area contributed by atoms with Crippen molar-refractivity contribution >= 4 is 34.2 Å². The maximum atomic E-state index is 11.7. The Morgan fingerprint density at radius 2 is 1.92 bits per heavy atom. The minimum absolute atomic E-state index is 0.202. The molecular weight excluding hydrogens is 319 g/mol. The summed E-state index contributed by atoms with van der Waals surface area (Å²) < 4.78 is 40.8. The molecule has 0 spiro atoms. The third kappa shape index (κ3) is 6.79. The van der Waals surface area contributed by atoms with Crippen LogP contribution in [0.4, 0.5) is 13.2 Å². The van der Waals surface area contributed by atoms with Crippen LogP contribution in [-0.4, -0.2) is 28.7 Å². The van der Waals surface area contributed by atoms with Crippen molar-refractivity contribution in [3.05, 3.63) is 0 Å². The SMILES string of the molecule is CC(CCl)(CI)OCCC(F)(F)F. The molecule has 0 saturated heterocycles. The molecule has 0 saturated carbocycles. The Morgan fingerprint density at radius 3 is 2.23 bits per heavy atom. The van der Waals surface area contributed by atoms with Crippen molar-refractivity contribution in [3.63, 3.8) is 0 Å². The van der Waals surface area contributed by atoms with Gasteiger partial charge in [-0.15, -0.1) is 11.6 Å². The number of alkyl halides is 5. The van der Waals surface area contributed by atoms with Gasteiger partial charge in [-0.25, -0.2) is 0 Å². The fraction of sp³-hybridized carbons (Fsp3) is 1.00. The van der Waals surface area contributed by atoms with Gasteiger partial charge in [-0.1, -0.05) is 22.6 Å². The summed E-state index contributed by atoms with van der Waals surface area (Å²) in [4.78, 5) is 0. The normalized spacial score (nSPS) is 17.1. The van der Waals surface area contributed by atoms with Crippen LogP contribution in [0.15, 0.2) is 0 Å². The summed E-state index contributed by atoms with van der Waals surface area (Å²) in [5.41, 5.74) is -0.645. The molecule has 80 valence electrons. The van der Waals surface area contributed by atoms with Crippen LogP contribution in [0, 0.1) is 0 Å². The molecule has 0 radical (unpaired) electrons. The van der Waals surface area contributed by atoms with Gasteiger partial charge in [-0.2, -0.15) is 13.2 Å². The zero-order chi connectivity index (χ0) is 10.5. The second-order valence-electron chi connectivity index (χ2n) is 2.93. The molecule has 0 amide bonds. The zero-order valence-corrected chi connectivity index (χ0v) is 10.0. The van der Waals surface area contributed by atoms with E-state index in [1.165, 1.54) is 0 Å². The highest BCUT2D eigenvalue weighted by atomic mass is 127. The molecule has 0 rings (SSSR count). The Morgan fingerprint density at radius 1 is 1.38 bits per heavy atom. The maximum Gasteiger partial charge on any atom is 0.391 e. The summed E-state index contributed by atoms with van der Waals surface area (Å²) in [6.45, 7) is 1.37. The fourth-order valence-electron chi connectivity index (χ4n) is 0.526. The molecule has 1 unspecified atom stereocenters. The Bertz CT molecular complexity index is 147. The molecule has 0 aliphatic heterocycles. The Labute approximate surface area is 94.1 Å². The fourth-order valence-corrected chi connectivity index (χ4v) is 1.51. The first-order valence-corrected chi connectivity index (χ1v) is 5.72. The number of halogens is 5. The van der Waals surface area contributed by atoms with Gasteiger partial charge in [0.2, 0.25) is 0 Å². The second-order valence-corrected chi connectivity index (χ2v) is 3.96. The number of hydrogen-bond donors (Lipinski definition) is 0. The van der Waals surface area contributed by atoms with E-state index in [1.807, 2.05) is 22.6 Å². The molecule has 0 aromatic carbocycles. The smallest absolute Gasteiger partial charge is 0.373 e. The highest BCUT2D eigenvalue weighted by Crippen LogP contribution is 2.22. The van der Waals surface area contributed by atoms with Crippen molar-refractivity contribution in [3.8, 4) is 0 Å². The van der Waals surface area contributed by atoms with E-state index in [-0.39, 0.29) is 12.5 Å². The summed E-state index contributed by atoms with van der Waals surface area (Å²) >= 11 is 7.58. The molecule has 0 aliphatic carbocycles. The minimum atomic E-state index is -4.15. The third-order valence-corrected chi connectivity index (χ3v) is 3.58. The van der Waals surface area contributed by atoms with Crippen LogP contribution in [0.2, 0.25) is 0 Å². The lowest BCUT2D eigenvalue weighted by Gasteiger charge is -2.25. The van der Waals surface area contributed by atoms with Crippen LogP contribution >= 0.6 is 34.2 Å². The van der Waals surface area contributed by atoms with Crippen LogP contribution in [0.1, 0.15) is 13.3 Å². The van der Waals surface area contributed by atoms with E-state index < -0.39 is 18.2 Å². The van der Waals surface area contributed by atoms with Crippen LogP contribution in [0.25, 0.3) is 0 Å². The third-order valence-electron chi connectivity index (χ3n) is 1.40. The van der Waals surface area contributed by atoms with Gasteiger partial charge < -0.3 is 4.74 Å².